The monoisotopic (exact) mass is 270 g/mol. The maximum absolute atomic E-state index is 5.61. The molecule has 1 saturated heterocycles. The van der Waals surface area contributed by atoms with Gasteiger partial charge in [0.15, 0.2) is 5.79 Å². The third-order valence-corrected chi connectivity index (χ3v) is 4.13. The van der Waals surface area contributed by atoms with Gasteiger partial charge in [-0.2, -0.15) is 0 Å². The molecule has 19 heavy (non-hydrogen) atoms. The van der Waals surface area contributed by atoms with Gasteiger partial charge in [-0.25, -0.2) is 0 Å². The van der Waals surface area contributed by atoms with E-state index in [1.807, 2.05) is 0 Å². The number of ether oxygens (including phenoxy) is 2. The zero-order chi connectivity index (χ0) is 13.8. The van der Waals surface area contributed by atoms with Crippen molar-refractivity contribution in [3.8, 4) is 0 Å². The van der Waals surface area contributed by atoms with Crippen molar-refractivity contribution in [3.05, 3.63) is 0 Å². The largest absolute Gasteiger partial charge is 0.348 e. The summed E-state index contributed by atoms with van der Waals surface area (Å²) in [5.41, 5.74) is 0. The van der Waals surface area contributed by atoms with E-state index in [9.17, 15) is 0 Å². The first-order valence-corrected chi connectivity index (χ1v) is 8.55. The first-order valence-electron chi connectivity index (χ1n) is 8.55. The van der Waals surface area contributed by atoms with E-state index in [1.165, 1.54) is 70.6 Å². The van der Waals surface area contributed by atoms with Gasteiger partial charge in [-0.1, -0.05) is 71.1 Å². The van der Waals surface area contributed by atoms with Crippen molar-refractivity contribution in [1.29, 1.82) is 0 Å². The lowest BCUT2D eigenvalue weighted by molar-refractivity contribution is -0.147. The molecule has 0 aromatic rings. The van der Waals surface area contributed by atoms with E-state index in [-0.39, 0.29) is 5.79 Å². The number of hydrogen-bond acceptors (Lipinski definition) is 2. The van der Waals surface area contributed by atoms with E-state index in [0.717, 1.165) is 19.6 Å². The highest BCUT2D eigenvalue weighted by Crippen LogP contribution is 2.25. The van der Waals surface area contributed by atoms with Crippen LogP contribution in [0.5, 0.6) is 0 Å². The van der Waals surface area contributed by atoms with Crippen molar-refractivity contribution in [2.24, 2.45) is 0 Å². The fraction of sp³-hybridized carbons (Fsp3) is 1.00. The molecule has 0 radical (unpaired) electrons. The normalized spacial score (nSPS) is 18.0. The average Bonchev–Trinajstić information content (AvgIpc) is 2.83. The maximum Gasteiger partial charge on any atom is 0.165 e. The minimum absolute atomic E-state index is 0.265. The van der Waals surface area contributed by atoms with Crippen LogP contribution in [-0.2, 0) is 9.47 Å². The highest BCUT2D eigenvalue weighted by atomic mass is 16.7. The second-order valence-corrected chi connectivity index (χ2v) is 6.12. The molecule has 114 valence electrons. The molecular weight excluding hydrogens is 236 g/mol. The lowest BCUT2D eigenvalue weighted by atomic mass is 10.0. The summed E-state index contributed by atoms with van der Waals surface area (Å²) in [5.74, 6) is -0.265. The topological polar surface area (TPSA) is 18.5 Å². The standard InChI is InChI=1S/C17H34O2/c1-3-4-5-6-7-8-9-10-11-12-13-14-17(2)18-15-16-19-17/h3-16H2,1-2H3. The van der Waals surface area contributed by atoms with E-state index < -0.39 is 0 Å². The number of unbranched alkanes of at least 4 members (excludes halogenated alkanes) is 10. The van der Waals surface area contributed by atoms with Crippen molar-refractivity contribution >= 4 is 0 Å². The predicted molar refractivity (Wildman–Crippen MR) is 81.4 cm³/mol. The van der Waals surface area contributed by atoms with Gasteiger partial charge in [-0.15, -0.1) is 0 Å². The van der Waals surface area contributed by atoms with Gasteiger partial charge < -0.3 is 9.47 Å². The molecule has 1 fully saturated rings. The van der Waals surface area contributed by atoms with Crippen LogP contribution in [0.25, 0.3) is 0 Å². The van der Waals surface area contributed by atoms with Crippen molar-refractivity contribution in [3.63, 3.8) is 0 Å². The fourth-order valence-corrected chi connectivity index (χ4v) is 2.81. The second kappa shape index (κ2) is 10.7. The van der Waals surface area contributed by atoms with E-state index in [0.29, 0.717) is 0 Å². The Hall–Kier alpha value is -0.0800. The first-order chi connectivity index (χ1) is 9.27. The number of rotatable bonds is 12. The van der Waals surface area contributed by atoms with Gasteiger partial charge in [-0.3, -0.25) is 0 Å². The summed E-state index contributed by atoms with van der Waals surface area (Å²) in [6, 6.07) is 0. The first kappa shape index (κ1) is 17.0. The van der Waals surface area contributed by atoms with Crippen LogP contribution in [0.2, 0.25) is 0 Å². The molecule has 0 aromatic heterocycles. The molecule has 0 bridgehead atoms. The molecule has 0 unspecified atom stereocenters. The van der Waals surface area contributed by atoms with Gasteiger partial charge in [0, 0.05) is 6.42 Å². The van der Waals surface area contributed by atoms with Gasteiger partial charge in [0.2, 0.25) is 0 Å². The molecule has 0 spiro atoms. The van der Waals surface area contributed by atoms with E-state index in [4.69, 9.17) is 9.47 Å². The molecule has 0 atom stereocenters. The molecule has 0 aliphatic carbocycles. The summed E-state index contributed by atoms with van der Waals surface area (Å²) in [7, 11) is 0. The van der Waals surface area contributed by atoms with E-state index in [1.54, 1.807) is 0 Å². The summed E-state index contributed by atoms with van der Waals surface area (Å²) < 4.78 is 11.2. The zero-order valence-electron chi connectivity index (χ0n) is 13.2. The Labute approximate surface area is 120 Å². The lowest BCUT2D eigenvalue weighted by Crippen LogP contribution is -2.24. The maximum atomic E-state index is 5.61. The average molecular weight is 270 g/mol. The van der Waals surface area contributed by atoms with Crippen LogP contribution in [0.4, 0.5) is 0 Å². The van der Waals surface area contributed by atoms with Gasteiger partial charge in [0.25, 0.3) is 0 Å². The SMILES string of the molecule is CCCCCCCCCCCCCC1(C)OCCO1. The molecule has 0 aromatic carbocycles. The Bertz CT molecular complexity index is 197. The van der Waals surface area contributed by atoms with Crippen LogP contribution < -0.4 is 0 Å². The van der Waals surface area contributed by atoms with Crippen LogP contribution in [0.3, 0.4) is 0 Å². The molecule has 0 saturated carbocycles. The van der Waals surface area contributed by atoms with Crippen molar-refractivity contribution < 1.29 is 9.47 Å². The highest BCUT2D eigenvalue weighted by molar-refractivity contribution is 4.67. The third kappa shape index (κ3) is 8.65. The zero-order valence-corrected chi connectivity index (χ0v) is 13.2. The minimum atomic E-state index is -0.265. The van der Waals surface area contributed by atoms with Gasteiger partial charge in [0.05, 0.1) is 13.2 Å². The van der Waals surface area contributed by atoms with Crippen LogP contribution in [0, 0.1) is 0 Å². The van der Waals surface area contributed by atoms with Gasteiger partial charge in [0.1, 0.15) is 0 Å². The molecule has 2 nitrogen and oxygen atoms in total. The lowest BCUT2D eigenvalue weighted by Gasteiger charge is -2.21. The molecule has 1 aliphatic rings. The molecule has 1 aliphatic heterocycles. The Morgan fingerprint density at radius 2 is 1.11 bits per heavy atom. The van der Waals surface area contributed by atoms with Crippen LogP contribution >= 0.6 is 0 Å². The molecule has 1 heterocycles. The van der Waals surface area contributed by atoms with E-state index in [2.05, 4.69) is 13.8 Å². The molecule has 2 heteroatoms. The summed E-state index contributed by atoms with van der Waals surface area (Å²) in [6.45, 7) is 5.90. The Morgan fingerprint density at radius 3 is 1.58 bits per heavy atom. The third-order valence-electron chi connectivity index (χ3n) is 4.13. The summed E-state index contributed by atoms with van der Waals surface area (Å²) in [5, 5.41) is 0. The smallest absolute Gasteiger partial charge is 0.165 e. The molecule has 1 rings (SSSR count). The van der Waals surface area contributed by atoms with Crippen molar-refractivity contribution in [2.75, 3.05) is 13.2 Å². The molecule has 0 amide bonds. The van der Waals surface area contributed by atoms with Crippen LogP contribution in [0.15, 0.2) is 0 Å². The summed E-state index contributed by atoms with van der Waals surface area (Å²) >= 11 is 0. The Balaban J connectivity index is 1.76. The highest BCUT2D eigenvalue weighted by Gasteiger charge is 2.29. The minimum Gasteiger partial charge on any atom is -0.348 e. The quantitative estimate of drug-likeness (QED) is 0.439. The fourth-order valence-electron chi connectivity index (χ4n) is 2.81. The van der Waals surface area contributed by atoms with Crippen molar-refractivity contribution in [1.82, 2.24) is 0 Å². The summed E-state index contributed by atoms with van der Waals surface area (Å²) in [6.07, 6.45) is 16.4. The Kier molecular flexibility index (Phi) is 9.54. The molecular formula is C17H34O2. The summed E-state index contributed by atoms with van der Waals surface area (Å²) in [4.78, 5) is 0. The predicted octanol–water partition coefficient (Wildman–Crippen LogP) is 5.45. The second-order valence-electron chi connectivity index (χ2n) is 6.12. The van der Waals surface area contributed by atoms with Crippen LogP contribution in [-0.4, -0.2) is 19.0 Å². The Morgan fingerprint density at radius 1 is 0.684 bits per heavy atom. The number of hydrogen-bond donors (Lipinski definition) is 0. The van der Waals surface area contributed by atoms with Gasteiger partial charge >= 0.3 is 0 Å². The van der Waals surface area contributed by atoms with Crippen LogP contribution in [0.1, 0.15) is 90.9 Å². The van der Waals surface area contributed by atoms with E-state index >= 15 is 0 Å². The molecule has 0 N–H and O–H groups in total. The van der Waals surface area contributed by atoms with Gasteiger partial charge in [-0.05, 0) is 13.3 Å². The van der Waals surface area contributed by atoms with Crippen molar-refractivity contribution in [2.45, 2.75) is 96.7 Å².